The molecule has 0 spiro atoms. The number of aromatic nitrogens is 2. The maximum absolute atomic E-state index is 12.6. The average molecular weight is 258 g/mol. The number of alkyl halides is 3. The lowest BCUT2D eigenvalue weighted by atomic mass is 10.1. The molecule has 0 bridgehead atoms. The Hall–Kier alpha value is -1.56. The number of halogens is 3. The molecule has 17 heavy (non-hydrogen) atoms. The molecule has 0 saturated carbocycles. The third kappa shape index (κ3) is 2.26. The number of nitrogens with one attached hydrogen (secondary N) is 1. The number of hydrogen-bond donors (Lipinski definition) is 1. The number of hydrogen-bond acceptors (Lipinski definition) is 1. The SMILES string of the molecule is Cc1ccc(C(F)(F)F)cc1-n1cc[nH]c1=S. The topological polar surface area (TPSA) is 20.7 Å². The highest BCUT2D eigenvalue weighted by atomic mass is 32.1. The standard InChI is InChI=1S/C11H9F3N2S/c1-7-2-3-8(11(12,13)14)6-9(7)16-5-4-15-10(16)17/h2-6H,1H3,(H,15,17). The summed E-state index contributed by atoms with van der Waals surface area (Å²) in [5.74, 6) is 0. The first-order valence-corrected chi connectivity index (χ1v) is 5.24. The summed E-state index contributed by atoms with van der Waals surface area (Å²) in [4.78, 5) is 2.75. The van der Waals surface area contributed by atoms with Crippen LogP contribution < -0.4 is 0 Å². The first-order valence-electron chi connectivity index (χ1n) is 4.84. The van der Waals surface area contributed by atoms with Crippen LogP contribution in [-0.4, -0.2) is 9.55 Å². The number of aryl methyl sites for hydroxylation is 1. The van der Waals surface area contributed by atoms with Crippen molar-refractivity contribution in [1.82, 2.24) is 9.55 Å². The van der Waals surface area contributed by atoms with Crippen molar-refractivity contribution in [2.75, 3.05) is 0 Å². The zero-order chi connectivity index (χ0) is 12.6. The van der Waals surface area contributed by atoms with Crippen molar-refractivity contribution in [3.63, 3.8) is 0 Å². The summed E-state index contributed by atoms with van der Waals surface area (Å²) in [5.41, 5.74) is 0.487. The Labute approximate surface area is 101 Å². The zero-order valence-corrected chi connectivity index (χ0v) is 9.69. The second kappa shape index (κ2) is 4.03. The van der Waals surface area contributed by atoms with Crippen molar-refractivity contribution in [2.45, 2.75) is 13.1 Å². The summed E-state index contributed by atoms with van der Waals surface area (Å²) in [6.07, 6.45) is -1.16. The van der Waals surface area contributed by atoms with Gasteiger partial charge in [0, 0.05) is 12.4 Å². The molecule has 0 aliphatic heterocycles. The number of H-pyrrole nitrogens is 1. The van der Waals surface area contributed by atoms with Gasteiger partial charge in [0.05, 0.1) is 11.3 Å². The predicted octanol–water partition coefficient (Wildman–Crippen LogP) is 3.86. The molecule has 1 aromatic carbocycles. The lowest BCUT2D eigenvalue weighted by Crippen LogP contribution is -2.07. The fourth-order valence-corrected chi connectivity index (χ4v) is 1.78. The summed E-state index contributed by atoms with van der Waals surface area (Å²) in [6.45, 7) is 1.74. The van der Waals surface area contributed by atoms with Crippen molar-refractivity contribution in [3.8, 4) is 5.69 Å². The van der Waals surface area contributed by atoms with Crippen molar-refractivity contribution < 1.29 is 13.2 Å². The van der Waals surface area contributed by atoms with Crippen molar-refractivity contribution >= 4 is 12.2 Å². The molecule has 0 fully saturated rings. The smallest absolute Gasteiger partial charge is 0.337 e. The second-order valence-electron chi connectivity index (χ2n) is 3.63. The first-order chi connectivity index (χ1) is 7.89. The van der Waals surface area contributed by atoms with Crippen LogP contribution in [0.15, 0.2) is 30.6 Å². The summed E-state index contributed by atoms with van der Waals surface area (Å²) in [5, 5.41) is 0. The van der Waals surface area contributed by atoms with Gasteiger partial charge in [0.15, 0.2) is 4.77 Å². The molecule has 2 aromatic rings. The van der Waals surface area contributed by atoms with E-state index in [9.17, 15) is 13.2 Å². The quantitative estimate of drug-likeness (QED) is 0.770. The van der Waals surface area contributed by atoms with Gasteiger partial charge in [0.2, 0.25) is 0 Å². The van der Waals surface area contributed by atoms with Gasteiger partial charge in [-0.05, 0) is 36.8 Å². The molecule has 1 heterocycles. The molecule has 0 aliphatic rings. The average Bonchev–Trinajstić information content (AvgIpc) is 2.63. The summed E-state index contributed by atoms with van der Waals surface area (Å²) < 4.78 is 39.7. The van der Waals surface area contributed by atoms with Crippen molar-refractivity contribution in [2.24, 2.45) is 0 Å². The fraction of sp³-hybridized carbons (Fsp3) is 0.182. The molecule has 0 unspecified atom stereocenters. The van der Waals surface area contributed by atoms with Gasteiger partial charge in [-0.3, -0.25) is 4.57 Å². The van der Waals surface area contributed by atoms with Gasteiger partial charge in [0.25, 0.3) is 0 Å². The van der Waals surface area contributed by atoms with Gasteiger partial charge < -0.3 is 4.98 Å². The van der Waals surface area contributed by atoms with Gasteiger partial charge in [-0.1, -0.05) is 6.07 Å². The first kappa shape index (κ1) is 11.9. The molecule has 2 nitrogen and oxygen atoms in total. The van der Waals surface area contributed by atoms with Crippen LogP contribution >= 0.6 is 12.2 Å². The van der Waals surface area contributed by atoms with Crippen LogP contribution in [0.25, 0.3) is 5.69 Å². The minimum Gasteiger partial charge on any atom is -0.337 e. The van der Waals surface area contributed by atoms with E-state index in [0.717, 1.165) is 17.7 Å². The maximum atomic E-state index is 12.6. The van der Waals surface area contributed by atoms with Crippen LogP contribution in [0.2, 0.25) is 0 Å². The van der Waals surface area contributed by atoms with Gasteiger partial charge in [-0.2, -0.15) is 13.2 Å². The second-order valence-corrected chi connectivity index (χ2v) is 4.02. The van der Waals surface area contributed by atoms with Gasteiger partial charge in [-0.25, -0.2) is 0 Å². The molecule has 0 aliphatic carbocycles. The predicted molar refractivity (Wildman–Crippen MR) is 60.7 cm³/mol. The maximum Gasteiger partial charge on any atom is 0.416 e. The number of imidazole rings is 1. The highest BCUT2D eigenvalue weighted by molar-refractivity contribution is 7.71. The van der Waals surface area contributed by atoms with Crippen LogP contribution in [0.5, 0.6) is 0 Å². The molecular formula is C11H9F3N2S. The van der Waals surface area contributed by atoms with E-state index in [1.165, 1.54) is 10.6 Å². The molecule has 0 radical (unpaired) electrons. The molecule has 90 valence electrons. The normalized spacial score (nSPS) is 11.8. The Morgan fingerprint density at radius 3 is 2.53 bits per heavy atom. The van der Waals surface area contributed by atoms with Crippen LogP contribution in [0.4, 0.5) is 13.2 Å². The minimum absolute atomic E-state index is 0.368. The van der Waals surface area contributed by atoms with Crippen LogP contribution in [0.3, 0.4) is 0 Å². The van der Waals surface area contributed by atoms with Crippen LogP contribution in [0, 0.1) is 11.7 Å². The zero-order valence-electron chi connectivity index (χ0n) is 8.88. The van der Waals surface area contributed by atoms with E-state index in [4.69, 9.17) is 12.2 Å². The molecule has 0 saturated heterocycles. The lowest BCUT2D eigenvalue weighted by molar-refractivity contribution is -0.137. The fourth-order valence-electron chi connectivity index (χ4n) is 1.56. The van der Waals surface area contributed by atoms with E-state index in [2.05, 4.69) is 4.98 Å². The molecule has 1 aromatic heterocycles. The Kier molecular flexibility index (Phi) is 2.82. The summed E-state index contributed by atoms with van der Waals surface area (Å²) in [7, 11) is 0. The van der Waals surface area contributed by atoms with Crippen LogP contribution in [0.1, 0.15) is 11.1 Å². The largest absolute Gasteiger partial charge is 0.416 e. The lowest BCUT2D eigenvalue weighted by Gasteiger charge is -2.11. The molecular weight excluding hydrogens is 249 g/mol. The Morgan fingerprint density at radius 1 is 1.29 bits per heavy atom. The Morgan fingerprint density at radius 2 is 2.00 bits per heavy atom. The number of rotatable bonds is 1. The highest BCUT2D eigenvalue weighted by Crippen LogP contribution is 2.31. The van der Waals surface area contributed by atoms with Crippen LogP contribution in [-0.2, 0) is 6.18 Å². The third-order valence-electron chi connectivity index (χ3n) is 2.45. The molecule has 6 heteroatoms. The van der Waals surface area contributed by atoms with Crippen molar-refractivity contribution in [1.29, 1.82) is 0 Å². The molecule has 0 atom stereocenters. The van der Waals surface area contributed by atoms with Gasteiger partial charge in [0.1, 0.15) is 0 Å². The van der Waals surface area contributed by atoms with Gasteiger partial charge in [-0.15, -0.1) is 0 Å². The van der Waals surface area contributed by atoms with E-state index in [1.807, 2.05) is 0 Å². The summed E-state index contributed by atoms with van der Waals surface area (Å²) >= 11 is 4.99. The molecule has 0 amide bonds. The molecule has 1 N–H and O–H groups in total. The van der Waals surface area contributed by atoms with E-state index >= 15 is 0 Å². The minimum atomic E-state index is -4.35. The monoisotopic (exact) mass is 258 g/mol. The van der Waals surface area contributed by atoms with E-state index < -0.39 is 11.7 Å². The third-order valence-corrected chi connectivity index (χ3v) is 2.76. The van der Waals surface area contributed by atoms with E-state index in [-0.39, 0.29) is 0 Å². The number of nitrogens with zero attached hydrogens (tertiary/aromatic N) is 1. The Balaban J connectivity index is 2.63. The molecule has 2 rings (SSSR count). The van der Waals surface area contributed by atoms with Crippen molar-refractivity contribution in [3.05, 3.63) is 46.5 Å². The summed E-state index contributed by atoms with van der Waals surface area (Å²) in [6, 6.07) is 3.60. The van der Waals surface area contributed by atoms with Gasteiger partial charge >= 0.3 is 6.18 Å². The number of benzene rings is 1. The van der Waals surface area contributed by atoms with E-state index in [1.54, 1.807) is 19.3 Å². The Bertz CT molecular complexity index is 595. The van der Waals surface area contributed by atoms with E-state index in [0.29, 0.717) is 10.5 Å². The number of aromatic amines is 1. The highest BCUT2D eigenvalue weighted by Gasteiger charge is 2.30.